The highest BCUT2D eigenvalue weighted by atomic mass is 35.5. The van der Waals surface area contributed by atoms with Gasteiger partial charge in [0.05, 0.1) is 6.61 Å². The number of rotatable bonds is 8. The zero-order valence-electron chi connectivity index (χ0n) is 13.1. The lowest BCUT2D eigenvalue weighted by Crippen LogP contribution is -2.12. The Morgan fingerprint density at radius 1 is 0.955 bits per heavy atom. The van der Waals surface area contributed by atoms with Gasteiger partial charge in [-0.05, 0) is 48.9 Å². The molecule has 2 aromatic rings. The topological polar surface area (TPSA) is 30.5 Å². The molecule has 2 aromatic carbocycles. The standard InChI is InChI=1S/C18H22ClNO2/c1-3-20-12-14-8-9-17(18(11-14)21-4-2)22-13-15-6-5-7-16(19)10-15/h5-11,20H,3-4,12-13H2,1-2H3. The monoisotopic (exact) mass is 319 g/mol. The molecular formula is C18H22ClNO2. The fourth-order valence-corrected chi connectivity index (χ4v) is 2.32. The summed E-state index contributed by atoms with van der Waals surface area (Å²) in [6, 6.07) is 13.7. The Hall–Kier alpha value is -1.71. The lowest BCUT2D eigenvalue weighted by Gasteiger charge is -2.14. The zero-order valence-corrected chi connectivity index (χ0v) is 13.8. The van der Waals surface area contributed by atoms with Crippen LogP contribution in [0.25, 0.3) is 0 Å². The van der Waals surface area contributed by atoms with Crippen LogP contribution in [0.3, 0.4) is 0 Å². The van der Waals surface area contributed by atoms with Gasteiger partial charge in [0.2, 0.25) is 0 Å². The predicted octanol–water partition coefficient (Wildman–Crippen LogP) is 4.43. The first-order valence-electron chi connectivity index (χ1n) is 7.56. The highest BCUT2D eigenvalue weighted by molar-refractivity contribution is 6.30. The molecule has 0 saturated heterocycles. The van der Waals surface area contributed by atoms with E-state index in [-0.39, 0.29) is 0 Å². The Balaban J connectivity index is 2.08. The molecule has 118 valence electrons. The van der Waals surface area contributed by atoms with Gasteiger partial charge >= 0.3 is 0 Å². The van der Waals surface area contributed by atoms with Gasteiger partial charge in [0.25, 0.3) is 0 Å². The van der Waals surface area contributed by atoms with E-state index in [2.05, 4.69) is 18.3 Å². The molecule has 0 radical (unpaired) electrons. The molecule has 0 spiro atoms. The van der Waals surface area contributed by atoms with Crippen LogP contribution in [0, 0.1) is 0 Å². The van der Waals surface area contributed by atoms with Crippen LogP contribution >= 0.6 is 11.6 Å². The van der Waals surface area contributed by atoms with Crippen LogP contribution in [0.2, 0.25) is 5.02 Å². The zero-order chi connectivity index (χ0) is 15.8. The van der Waals surface area contributed by atoms with Crippen molar-refractivity contribution in [1.29, 1.82) is 0 Å². The molecule has 3 nitrogen and oxygen atoms in total. The summed E-state index contributed by atoms with van der Waals surface area (Å²) in [5, 5.41) is 4.02. The van der Waals surface area contributed by atoms with Gasteiger partial charge in [-0.25, -0.2) is 0 Å². The summed E-state index contributed by atoms with van der Waals surface area (Å²) in [5.41, 5.74) is 2.21. The predicted molar refractivity (Wildman–Crippen MR) is 90.8 cm³/mol. The van der Waals surface area contributed by atoms with E-state index in [0.717, 1.165) is 30.2 Å². The molecule has 4 heteroatoms. The fraction of sp³-hybridized carbons (Fsp3) is 0.333. The molecule has 0 aliphatic rings. The molecule has 0 aromatic heterocycles. The van der Waals surface area contributed by atoms with E-state index in [0.29, 0.717) is 18.2 Å². The maximum absolute atomic E-state index is 5.99. The van der Waals surface area contributed by atoms with Crippen LogP contribution in [0.15, 0.2) is 42.5 Å². The van der Waals surface area contributed by atoms with E-state index in [9.17, 15) is 0 Å². The van der Waals surface area contributed by atoms with Crippen LogP contribution in [0.5, 0.6) is 11.5 Å². The second-order valence-electron chi connectivity index (χ2n) is 4.91. The first kappa shape index (κ1) is 16.7. The highest BCUT2D eigenvalue weighted by Crippen LogP contribution is 2.29. The van der Waals surface area contributed by atoms with Gasteiger partial charge in [-0.1, -0.05) is 36.7 Å². The van der Waals surface area contributed by atoms with Crippen LogP contribution in [-0.2, 0) is 13.2 Å². The molecule has 0 amide bonds. The van der Waals surface area contributed by atoms with Crippen molar-refractivity contribution in [2.75, 3.05) is 13.2 Å². The second kappa shape index (κ2) is 8.66. The summed E-state index contributed by atoms with van der Waals surface area (Å²) in [6.45, 7) is 6.90. The molecule has 0 saturated carbocycles. The number of halogens is 1. The number of benzene rings is 2. The molecule has 0 aliphatic carbocycles. The average molecular weight is 320 g/mol. The van der Waals surface area contributed by atoms with Crippen molar-refractivity contribution in [2.45, 2.75) is 27.0 Å². The van der Waals surface area contributed by atoms with E-state index in [4.69, 9.17) is 21.1 Å². The minimum absolute atomic E-state index is 0.465. The number of ether oxygens (including phenoxy) is 2. The van der Waals surface area contributed by atoms with Crippen molar-refractivity contribution in [3.8, 4) is 11.5 Å². The molecular weight excluding hydrogens is 298 g/mol. The van der Waals surface area contributed by atoms with Gasteiger partial charge in [0, 0.05) is 11.6 Å². The summed E-state index contributed by atoms with van der Waals surface area (Å²) in [4.78, 5) is 0. The highest BCUT2D eigenvalue weighted by Gasteiger charge is 2.07. The van der Waals surface area contributed by atoms with Crippen LogP contribution < -0.4 is 14.8 Å². The first-order chi connectivity index (χ1) is 10.7. The van der Waals surface area contributed by atoms with Gasteiger partial charge in [-0.15, -0.1) is 0 Å². The van der Waals surface area contributed by atoms with Crippen LogP contribution in [0.4, 0.5) is 0 Å². The smallest absolute Gasteiger partial charge is 0.161 e. The first-order valence-corrected chi connectivity index (χ1v) is 7.94. The number of hydrogen-bond donors (Lipinski definition) is 1. The summed E-state index contributed by atoms with van der Waals surface area (Å²) < 4.78 is 11.6. The fourth-order valence-electron chi connectivity index (χ4n) is 2.11. The van der Waals surface area contributed by atoms with Gasteiger partial charge in [-0.2, -0.15) is 0 Å². The Morgan fingerprint density at radius 3 is 2.55 bits per heavy atom. The summed E-state index contributed by atoms with van der Waals surface area (Å²) in [6.07, 6.45) is 0. The van der Waals surface area contributed by atoms with Crippen LogP contribution in [-0.4, -0.2) is 13.2 Å². The Bertz CT molecular complexity index is 601. The summed E-state index contributed by atoms with van der Waals surface area (Å²) in [5.74, 6) is 1.53. The minimum atomic E-state index is 0.465. The van der Waals surface area contributed by atoms with E-state index >= 15 is 0 Å². The van der Waals surface area contributed by atoms with Gasteiger partial charge < -0.3 is 14.8 Å². The van der Waals surface area contributed by atoms with Crippen molar-refractivity contribution in [3.63, 3.8) is 0 Å². The van der Waals surface area contributed by atoms with Crippen molar-refractivity contribution in [1.82, 2.24) is 5.32 Å². The Kier molecular flexibility index (Phi) is 6.56. The molecule has 0 fully saturated rings. The molecule has 22 heavy (non-hydrogen) atoms. The number of nitrogens with one attached hydrogen (secondary N) is 1. The van der Waals surface area contributed by atoms with Crippen molar-refractivity contribution >= 4 is 11.6 Å². The second-order valence-corrected chi connectivity index (χ2v) is 5.35. The van der Waals surface area contributed by atoms with Crippen molar-refractivity contribution < 1.29 is 9.47 Å². The molecule has 0 bridgehead atoms. The van der Waals surface area contributed by atoms with Crippen molar-refractivity contribution in [3.05, 3.63) is 58.6 Å². The molecule has 0 unspecified atom stereocenters. The largest absolute Gasteiger partial charge is 0.490 e. The Labute approximate surface area is 137 Å². The third-order valence-corrected chi connectivity index (χ3v) is 3.41. The van der Waals surface area contributed by atoms with E-state index in [1.165, 1.54) is 5.56 Å². The van der Waals surface area contributed by atoms with Gasteiger partial charge in [0.15, 0.2) is 11.5 Å². The summed E-state index contributed by atoms with van der Waals surface area (Å²) >= 11 is 5.99. The summed E-state index contributed by atoms with van der Waals surface area (Å²) in [7, 11) is 0. The molecule has 0 heterocycles. The third kappa shape index (κ3) is 4.93. The van der Waals surface area contributed by atoms with E-state index in [1.807, 2.05) is 43.3 Å². The number of hydrogen-bond acceptors (Lipinski definition) is 3. The normalized spacial score (nSPS) is 10.5. The third-order valence-electron chi connectivity index (χ3n) is 3.17. The minimum Gasteiger partial charge on any atom is -0.490 e. The van der Waals surface area contributed by atoms with Crippen molar-refractivity contribution in [2.24, 2.45) is 0 Å². The van der Waals surface area contributed by atoms with E-state index in [1.54, 1.807) is 0 Å². The quantitative estimate of drug-likeness (QED) is 0.781. The van der Waals surface area contributed by atoms with Crippen LogP contribution in [0.1, 0.15) is 25.0 Å². The lowest BCUT2D eigenvalue weighted by molar-refractivity contribution is 0.269. The van der Waals surface area contributed by atoms with Gasteiger partial charge in [0.1, 0.15) is 6.61 Å². The maximum atomic E-state index is 5.99. The SMILES string of the molecule is CCNCc1ccc(OCc2cccc(Cl)c2)c(OCC)c1. The lowest BCUT2D eigenvalue weighted by atomic mass is 10.2. The maximum Gasteiger partial charge on any atom is 0.161 e. The van der Waals surface area contributed by atoms with E-state index < -0.39 is 0 Å². The average Bonchev–Trinajstić information content (AvgIpc) is 2.52. The molecule has 0 aliphatic heterocycles. The Morgan fingerprint density at radius 2 is 1.82 bits per heavy atom. The molecule has 2 rings (SSSR count). The molecule has 0 atom stereocenters. The van der Waals surface area contributed by atoms with Gasteiger partial charge in [-0.3, -0.25) is 0 Å². The molecule has 1 N–H and O–H groups in total.